The van der Waals surface area contributed by atoms with Crippen molar-refractivity contribution in [3.05, 3.63) is 0 Å². The molecule has 3 heteroatoms. The summed E-state index contributed by atoms with van der Waals surface area (Å²) in [5.74, 6) is 0.873. The maximum absolute atomic E-state index is 11.0. The first-order valence-corrected chi connectivity index (χ1v) is 4.32. The number of nitrogens with one attached hydrogen (secondary N) is 1. The van der Waals surface area contributed by atoms with Crippen LogP contribution in [0, 0.1) is 5.92 Å². The number of rotatable bonds is 1. The van der Waals surface area contributed by atoms with E-state index in [1.54, 1.807) is 0 Å². The van der Waals surface area contributed by atoms with E-state index in [4.69, 9.17) is 5.73 Å². The molecule has 0 spiro atoms. The van der Waals surface area contributed by atoms with Crippen molar-refractivity contribution >= 4 is 5.91 Å². The maximum Gasteiger partial charge on any atom is 0.220 e. The van der Waals surface area contributed by atoms with Crippen LogP contribution < -0.4 is 11.1 Å². The standard InChI is InChI=1S/C8H14N2O/c9-6-3-4-7(11)10-8(6)5-1-2-5/h5-6,8H,1-4,9H2,(H,10,11). The summed E-state index contributed by atoms with van der Waals surface area (Å²) in [6, 6.07) is 0.497. The topological polar surface area (TPSA) is 55.1 Å². The van der Waals surface area contributed by atoms with Gasteiger partial charge in [-0.05, 0) is 25.2 Å². The molecule has 0 aromatic carbocycles. The first-order chi connectivity index (χ1) is 5.27. The molecule has 1 aliphatic carbocycles. The van der Waals surface area contributed by atoms with E-state index in [1.807, 2.05) is 0 Å². The Balaban J connectivity index is 1.98. The largest absolute Gasteiger partial charge is 0.352 e. The third kappa shape index (κ3) is 1.38. The van der Waals surface area contributed by atoms with Crippen molar-refractivity contribution in [2.24, 2.45) is 11.7 Å². The van der Waals surface area contributed by atoms with Crippen molar-refractivity contribution in [1.29, 1.82) is 0 Å². The van der Waals surface area contributed by atoms with Gasteiger partial charge in [-0.25, -0.2) is 0 Å². The second kappa shape index (κ2) is 2.48. The molecular formula is C8H14N2O. The molecule has 1 saturated carbocycles. The number of piperidine rings is 1. The Morgan fingerprint density at radius 2 is 2.09 bits per heavy atom. The van der Waals surface area contributed by atoms with Crippen LogP contribution in [0.15, 0.2) is 0 Å². The van der Waals surface area contributed by atoms with E-state index >= 15 is 0 Å². The summed E-state index contributed by atoms with van der Waals surface area (Å²) in [4.78, 5) is 11.0. The van der Waals surface area contributed by atoms with Gasteiger partial charge in [-0.2, -0.15) is 0 Å². The third-order valence-electron chi connectivity index (χ3n) is 2.62. The van der Waals surface area contributed by atoms with Gasteiger partial charge in [0, 0.05) is 18.5 Å². The highest BCUT2D eigenvalue weighted by atomic mass is 16.1. The van der Waals surface area contributed by atoms with Crippen LogP contribution in [0.2, 0.25) is 0 Å². The summed E-state index contributed by atoms with van der Waals surface area (Å²) in [7, 11) is 0. The summed E-state index contributed by atoms with van der Waals surface area (Å²) < 4.78 is 0. The van der Waals surface area contributed by atoms with Gasteiger partial charge in [-0.1, -0.05) is 0 Å². The lowest BCUT2D eigenvalue weighted by molar-refractivity contribution is -0.123. The molecule has 2 aliphatic rings. The highest BCUT2D eigenvalue weighted by Gasteiger charge is 2.38. The fourth-order valence-corrected chi connectivity index (χ4v) is 1.77. The summed E-state index contributed by atoms with van der Waals surface area (Å²) in [6.07, 6.45) is 3.98. The highest BCUT2D eigenvalue weighted by Crippen LogP contribution is 2.35. The Hall–Kier alpha value is -0.570. The van der Waals surface area contributed by atoms with Crippen LogP contribution in [-0.2, 0) is 4.79 Å². The molecule has 3 N–H and O–H groups in total. The summed E-state index contributed by atoms with van der Waals surface area (Å²) in [6.45, 7) is 0. The highest BCUT2D eigenvalue weighted by molar-refractivity contribution is 5.77. The molecule has 1 amide bonds. The molecule has 1 saturated heterocycles. The van der Waals surface area contributed by atoms with E-state index < -0.39 is 0 Å². The fraction of sp³-hybridized carbons (Fsp3) is 0.875. The van der Waals surface area contributed by atoms with Crippen LogP contribution in [0.1, 0.15) is 25.7 Å². The Morgan fingerprint density at radius 1 is 1.36 bits per heavy atom. The Kier molecular flexibility index (Phi) is 1.60. The number of hydrogen-bond acceptors (Lipinski definition) is 2. The van der Waals surface area contributed by atoms with Gasteiger partial charge in [0.2, 0.25) is 5.91 Å². The van der Waals surface area contributed by atoms with Crippen molar-refractivity contribution in [1.82, 2.24) is 5.32 Å². The van der Waals surface area contributed by atoms with Gasteiger partial charge >= 0.3 is 0 Å². The molecule has 1 heterocycles. The van der Waals surface area contributed by atoms with E-state index in [-0.39, 0.29) is 18.0 Å². The van der Waals surface area contributed by atoms with Crippen LogP contribution in [-0.4, -0.2) is 18.0 Å². The molecule has 2 atom stereocenters. The average molecular weight is 154 g/mol. The van der Waals surface area contributed by atoms with E-state index in [1.165, 1.54) is 12.8 Å². The van der Waals surface area contributed by atoms with Gasteiger partial charge in [0.15, 0.2) is 0 Å². The lowest BCUT2D eigenvalue weighted by Gasteiger charge is -2.29. The molecule has 2 rings (SSSR count). The zero-order valence-electron chi connectivity index (χ0n) is 6.55. The van der Waals surface area contributed by atoms with Crippen LogP contribution in [0.3, 0.4) is 0 Å². The van der Waals surface area contributed by atoms with Crippen molar-refractivity contribution in [2.75, 3.05) is 0 Å². The van der Waals surface area contributed by atoms with Crippen LogP contribution in [0.4, 0.5) is 0 Å². The summed E-state index contributed by atoms with van der Waals surface area (Å²) in [5.41, 5.74) is 5.87. The second-order valence-corrected chi connectivity index (χ2v) is 3.63. The molecular weight excluding hydrogens is 140 g/mol. The Labute approximate surface area is 66.3 Å². The minimum Gasteiger partial charge on any atom is -0.352 e. The normalized spacial score (nSPS) is 38.5. The van der Waals surface area contributed by atoms with Crippen molar-refractivity contribution in [2.45, 2.75) is 37.8 Å². The molecule has 3 nitrogen and oxygen atoms in total. The number of carbonyl (C=O) groups is 1. The van der Waals surface area contributed by atoms with Crippen molar-refractivity contribution in [3.8, 4) is 0 Å². The Morgan fingerprint density at radius 3 is 2.73 bits per heavy atom. The van der Waals surface area contributed by atoms with Gasteiger partial charge in [0.05, 0.1) is 0 Å². The molecule has 0 bridgehead atoms. The van der Waals surface area contributed by atoms with Gasteiger partial charge in [-0.3, -0.25) is 4.79 Å². The average Bonchev–Trinajstić information content (AvgIpc) is 2.76. The van der Waals surface area contributed by atoms with Crippen LogP contribution in [0.25, 0.3) is 0 Å². The number of nitrogens with two attached hydrogens (primary N) is 1. The van der Waals surface area contributed by atoms with Crippen LogP contribution in [0.5, 0.6) is 0 Å². The zero-order chi connectivity index (χ0) is 7.84. The van der Waals surface area contributed by atoms with E-state index in [9.17, 15) is 4.79 Å². The fourth-order valence-electron chi connectivity index (χ4n) is 1.77. The van der Waals surface area contributed by atoms with Crippen LogP contribution >= 0.6 is 0 Å². The number of carbonyl (C=O) groups excluding carboxylic acids is 1. The maximum atomic E-state index is 11.0. The molecule has 2 fully saturated rings. The monoisotopic (exact) mass is 154 g/mol. The second-order valence-electron chi connectivity index (χ2n) is 3.63. The minimum atomic E-state index is 0.184. The smallest absolute Gasteiger partial charge is 0.220 e. The molecule has 11 heavy (non-hydrogen) atoms. The van der Waals surface area contributed by atoms with E-state index in [2.05, 4.69) is 5.32 Å². The van der Waals surface area contributed by atoms with Gasteiger partial charge in [-0.15, -0.1) is 0 Å². The van der Waals surface area contributed by atoms with Gasteiger partial charge < -0.3 is 11.1 Å². The van der Waals surface area contributed by atoms with Crippen molar-refractivity contribution in [3.63, 3.8) is 0 Å². The van der Waals surface area contributed by atoms with E-state index in [0.717, 1.165) is 6.42 Å². The van der Waals surface area contributed by atoms with Crippen molar-refractivity contribution < 1.29 is 4.79 Å². The summed E-state index contributed by atoms with van der Waals surface area (Å²) >= 11 is 0. The minimum absolute atomic E-state index is 0.184. The van der Waals surface area contributed by atoms with Gasteiger partial charge in [0.25, 0.3) is 0 Å². The van der Waals surface area contributed by atoms with E-state index in [0.29, 0.717) is 12.3 Å². The third-order valence-corrected chi connectivity index (χ3v) is 2.62. The molecule has 62 valence electrons. The number of amides is 1. The zero-order valence-corrected chi connectivity index (χ0v) is 6.55. The SMILES string of the molecule is NC1CCC(=O)NC1C1CC1. The first kappa shape index (κ1) is 7.10. The Bertz CT molecular complexity index is 177. The molecule has 0 aromatic rings. The lowest BCUT2D eigenvalue weighted by atomic mass is 9.95. The summed E-state index contributed by atoms with van der Waals surface area (Å²) in [5, 5.41) is 2.96. The van der Waals surface area contributed by atoms with Gasteiger partial charge in [0.1, 0.15) is 0 Å². The molecule has 2 unspecified atom stereocenters. The first-order valence-electron chi connectivity index (χ1n) is 4.32. The molecule has 0 radical (unpaired) electrons. The predicted molar refractivity (Wildman–Crippen MR) is 41.9 cm³/mol. The predicted octanol–water partition coefficient (Wildman–Crippen LogP) is 0.00230. The quantitative estimate of drug-likeness (QED) is 0.558. The lowest BCUT2D eigenvalue weighted by Crippen LogP contribution is -2.53. The number of hydrogen-bond donors (Lipinski definition) is 2. The molecule has 1 aliphatic heterocycles. The molecule has 0 aromatic heterocycles.